The van der Waals surface area contributed by atoms with Crippen molar-refractivity contribution in [1.82, 2.24) is 4.90 Å². The van der Waals surface area contributed by atoms with Gasteiger partial charge in [-0.3, -0.25) is 9.69 Å². The molecule has 0 radical (unpaired) electrons. The lowest BCUT2D eigenvalue weighted by Crippen LogP contribution is -2.41. The lowest BCUT2D eigenvalue weighted by molar-refractivity contribution is -0.143. The fourth-order valence-corrected chi connectivity index (χ4v) is 4.79. The van der Waals surface area contributed by atoms with Crippen LogP contribution in [0.4, 0.5) is 0 Å². The van der Waals surface area contributed by atoms with Crippen molar-refractivity contribution in [2.45, 2.75) is 25.5 Å². The quantitative estimate of drug-likeness (QED) is 0.419. The van der Waals surface area contributed by atoms with E-state index < -0.39 is 11.9 Å². The summed E-state index contributed by atoms with van der Waals surface area (Å²) >= 11 is 0. The topological polar surface area (TPSA) is 77.5 Å². The van der Waals surface area contributed by atoms with Gasteiger partial charge in [0.05, 0.1) is 33.3 Å². The van der Waals surface area contributed by atoms with E-state index in [9.17, 15) is 9.90 Å². The van der Waals surface area contributed by atoms with Gasteiger partial charge in [-0.15, -0.1) is 0 Å². The molecule has 36 heavy (non-hydrogen) atoms. The summed E-state index contributed by atoms with van der Waals surface area (Å²) in [5.74, 6) is 1.48. The fourth-order valence-electron chi connectivity index (χ4n) is 4.79. The van der Waals surface area contributed by atoms with Crippen molar-refractivity contribution in [1.29, 1.82) is 0 Å². The third kappa shape index (κ3) is 5.74. The molecule has 4 rings (SSSR count). The van der Waals surface area contributed by atoms with Crippen molar-refractivity contribution in [3.05, 3.63) is 83.4 Å². The first-order chi connectivity index (χ1) is 17.5. The van der Waals surface area contributed by atoms with Gasteiger partial charge in [-0.25, -0.2) is 0 Å². The van der Waals surface area contributed by atoms with Crippen LogP contribution in [-0.4, -0.2) is 50.4 Å². The third-order valence-corrected chi connectivity index (χ3v) is 6.64. The van der Waals surface area contributed by atoms with Gasteiger partial charge in [-0.05, 0) is 60.8 Å². The van der Waals surface area contributed by atoms with Gasteiger partial charge in [0, 0.05) is 12.1 Å². The predicted molar refractivity (Wildman–Crippen MR) is 137 cm³/mol. The van der Waals surface area contributed by atoms with Crippen molar-refractivity contribution in [3.8, 4) is 23.0 Å². The van der Waals surface area contributed by atoms with Crippen LogP contribution in [0.5, 0.6) is 23.0 Å². The minimum absolute atomic E-state index is 0.255. The SMILES string of the molecule is COc1ccc(OC)c(C(c2ccc(OCc3ccccc3)c(OC)c2)N2CCCC(C(=O)O)C2)c1. The maximum absolute atomic E-state index is 11.8. The average molecular weight is 492 g/mol. The zero-order valence-corrected chi connectivity index (χ0v) is 21.0. The highest BCUT2D eigenvalue weighted by molar-refractivity contribution is 5.70. The van der Waals surface area contributed by atoms with Crippen molar-refractivity contribution in [2.24, 2.45) is 5.92 Å². The number of hydrogen-bond donors (Lipinski definition) is 1. The van der Waals surface area contributed by atoms with Crippen LogP contribution in [0.25, 0.3) is 0 Å². The standard InChI is InChI=1S/C29H33NO6/c1-33-23-12-14-25(34-2)24(17-23)28(30-15-7-10-22(18-30)29(31)32)21-11-13-26(27(16-21)35-3)36-19-20-8-5-4-6-9-20/h4-6,8-9,11-14,16-17,22,28H,7,10,15,18-19H2,1-3H3,(H,31,32). The monoisotopic (exact) mass is 491 g/mol. The van der Waals surface area contributed by atoms with Gasteiger partial charge in [-0.1, -0.05) is 36.4 Å². The van der Waals surface area contributed by atoms with Crippen molar-refractivity contribution < 1.29 is 28.8 Å². The average Bonchev–Trinajstić information content (AvgIpc) is 2.93. The number of rotatable bonds is 10. The molecule has 7 nitrogen and oxygen atoms in total. The van der Waals surface area contributed by atoms with Gasteiger partial charge in [0.1, 0.15) is 18.1 Å². The van der Waals surface area contributed by atoms with Crippen molar-refractivity contribution in [2.75, 3.05) is 34.4 Å². The molecule has 0 aromatic heterocycles. The highest BCUT2D eigenvalue weighted by Gasteiger charge is 2.33. The van der Waals surface area contributed by atoms with E-state index in [0.29, 0.717) is 42.6 Å². The van der Waals surface area contributed by atoms with Gasteiger partial charge in [-0.2, -0.15) is 0 Å². The first-order valence-electron chi connectivity index (χ1n) is 12.1. The van der Waals surface area contributed by atoms with E-state index in [0.717, 1.165) is 29.7 Å². The van der Waals surface area contributed by atoms with Crippen LogP contribution in [0.3, 0.4) is 0 Å². The molecule has 3 aromatic carbocycles. The summed E-state index contributed by atoms with van der Waals surface area (Å²) in [4.78, 5) is 14.1. The van der Waals surface area contributed by atoms with E-state index in [1.807, 2.05) is 66.7 Å². The second kappa shape index (κ2) is 11.8. The Kier molecular flexibility index (Phi) is 8.33. The van der Waals surface area contributed by atoms with E-state index in [1.165, 1.54) is 0 Å². The second-order valence-electron chi connectivity index (χ2n) is 8.87. The molecule has 1 N–H and O–H groups in total. The molecule has 1 fully saturated rings. The van der Waals surface area contributed by atoms with E-state index >= 15 is 0 Å². The van der Waals surface area contributed by atoms with Crippen molar-refractivity contribution >= 4 is 5.97 Å². The van der Waals surface area contributed by atoms with E-state index in [-0.39, 0.29) is 6.04 Å². The molecule has 2 unspecified atom stereocenters. The minimum atomic E-state index is -0.765. The van der Waals surface area contributed by atoms with Crippen LogP contribution >= 0.6 is 0 Å². The number of ether oxygens (including phenoxy) is 4. The Labute approximate surface area is 212 Å². The largest absolute Gasteiger partial charge is 0.497 e. The van der Waals surface area contributed by atoms with Gasteiger partial charge in [0.2, 0.25) is 0 Å². The number of carboxylic acids is 1. The molecule has 1 heterocycles. The predicted octanol–water partition coefficient (Wildman–Crippen LogP) is 5.18. The van der Waals surface area contributed by atoms with Crippen LogP contribution in [0.1, 0.15) is 35.6 Å². The third-order valence-electron chi connectivity index (χ3n) is 6.64. The first-order valence-corrected chi connectivity index (χ1v) is 12.1. The number of piperidine rings is 1. The summed E-state index contributed by atoms with van der Waals surface area (Å²) in [5.41, 5.74) is 2.93. The molecule has 1 aliphatic heterocycles. The number of carbonyl (C=O) groups is 1. The summed E-state index contributed by atoms with van der Waals surface area (Å²) < 4.78 is 23.0. The van der Waals surface area contributed by atoms with Gasteiger partial charge in [0.15, 0.2) is 11.5 Å². The van der Waals surface area contributed by atoms with Crippen LogP contribution in [-0.2, 0) is 11.4 Å². The van der Waals surface area contributed by atoms with Crippen LogP contribution < -0.4 is 18.9 Å². The number of methoxy groups -OCH3 is 3. The number of benzene rings is 3. The minimum Gasteiger partial charge on any atom is -0.497 e. The number of carboxylic acid groups (broad SMARTS) is 1. The molecule has 0 amide bonds. The first kappa shape index (κ1) is 25.4. The molecule has 190 valence electrons. The lowest BCUT2D eigenvalue weighted by atomic mass is 9.90. The van der Waals surface area contributed by atoms with Gasteiger partial charge < -0.3 is 24.1 Å². The molecule has 1 saturated heterocycles. The van der Waals surface area contributed by atoms with Crippen LogP contribution in [0.15, 0.2) is 66.7 Å². The molecule has 3 aromatic rings. The summed E-state index contributed by atoms with van der Waals surface area (Å²) in [6, 6.07) is 21.3. The summed E-state index contributed by atoms with van der Waals surface area (Å²) in [6.45, 7) is 1.63. The zero-order valence-electron chi connectivity index (χ0n) is 21.0. The van der Waals surface area contributed by atoms with E-state index in [2.05, 4.69) is 4.90 Å². The molecule has 0 spiro atoms. The van der Waals surface area contributed by atoms with E-state index in [4.69, 9.17) is 18.9 Å². The Balaban J connectivity index is 1.73. The Morgan fingerprint density at radius 3 is 2.39 bits per heavy atom. The maximum atomic E-state index is 11.8. The molecular formula is C29H33NO6. The molecule has 0 aliphatic carbocycles. The Morgan fingerprint density at radius 1 is 0.944 bits per heavy atom. The molecule has 0 saturated carbocycles. The molecule has 7 heteroatoms. The van der Waals surface area contributed by atoms with Crippen molar-refractivity contribution in [3.63, 3.8) is 0 Å². The highest BCUT2D eigenvalue weighted by Crippen LogP contribution is 2.41. The summed E-state index contributed by atoms with van der Waals surface area (Å²) in [5, 5.41) is 9.73. The van der Waals surface area contributed by atoms with E-state index in [1.54, 1.807) is 21.3 Å². The van der Waals surface area contributed by atoms with Gasteiger partial charge >= 0.3 is 5.97 Å². The fraction of sp³-hybridized carbons (Fsp3) is 0.345. The molecule has 1 aliphatic rings. The van der Waals surface area contributed by atoms with Gasteiger partial charge in [0.25, 0.3) is 0 Å². The van der Waals surface area contributed by atoms with Crippen LogP contribution in [0.2, 0.25) is 0 Å². The number of likely N-dealkylation sites (tertiary alicyclic amines) is 1. The highest BCUT2D eigenvalue weighted by atomic mass is 16.5. The Hall–Kier alpha value is -3.71. The number of aliphatic carboxylic acids is 1. The number of hydrogen-bond acceptors (Lipinski definition) is 6. The Bertz CT molecular complexity index is 1170. The lowest BCUT2D eigenvalue weighted by Gasteiger charge is -2.38. The molecular weight excluding hydrogens is 458 g/mol. The summed E-state index contributed by atoms with van der Waals surface area (Å²) in [6.07, 6.45) is 1.47. The maximum Gasteiger partial charge on any atom is 0.307 e. The molecule has 0 bridgehead atoms. The second-order valence-corrected chi connectivity index (χ2v) is 8.87. The normalized spacial score (nSPS) is 16.7. The molecule has 2 atom stereocenters. The summed E-state index contributed by atoms with van der Waals surface area (Å²) in [7, 11) is 4.89. The smallest absolute Gasteiger partial charge is 0.307 e. The Morgan fingerprint density at radius 2 is 1.69 bits per heavy atom. The number of nitrogens with zero attached hydrogens (tertiary/aromatic N) is 1. The zero-order chi connectivity index (χ0) is 25.5. The van der Waals surface area contributed by atoms with Crippen LogP contribution in [0, 0.1) is 5.92 Å².